The second-order valence-corrected chi connectivity index (χ2v) is 11.1. The topological polar surface area (TPSA) is 98.2 Å². The maximum atomic E-state index is 13.7. The van der Waals surface area contributed by atoms with Crippen LogP contribution in [0.25, 0.3) is 16.0 Å². The summed E-state index contributed by atoms with van der Waals surface area (Å²) in [5.41, 5.74) is 2.71. The van der Waals surface area contributed by atoms with Crippen LogP contribution in [0.2, 0.25) is 0 Å². The molecule has 210 valence electrons. The van der Waals surface area contributed by atoms with Gasteiger partial charge in [-0.3, -0.25) is 14.5 Å². The normalized spacial score (nSPS) is 19.4. The van der Waals surface area contributed by atoms with Crippen LogP contribution in [0.15, 0.2) is 66.2 Å². The minimum absolute atomic E-state index is 0.00353. The number of benzene rings is 3. The fourth-order valence-electron chi connectivity index (χ4n) is 5.32. The molecule has 0 radical (unpaired) electrons. The van der Waals surface area contributed by atoms with Gasteiger partial charge in [0.1, 0.15) is 29.1 Å². The number of amides is 1. The van der Waals surface area contributed by atoms with Gasteiger partial charge in [-0.25, -0.2) is 4.98 Å². The number of ether oxygens (including phenoxy) is 3. The highest BCUT2D eigenvalue weighted by molar-refractivity contribution is 7.22. The van der Waals surface area contributed by atoms with Crippen LogP contribution in [-0.2, 0) is 16.0 Å². The number of anilines is 1. The van der Waals surface area contributed by atoms with Gasteiger partial charge < -0.3 is 19.3 Å². The van der Waals surface area contributed by atoms with Crippen molar-refractivity contribution >= 4 is 44.1 Å². The number of ketones is 1. The summed E-state index contributed by atoms with van der Waals surface area (Å²) in [6.45, 7) is 6.96. The van der Waals surface area contributed by atoms with Crippen LogP contribution in [0, 0.1) is 0 Å². The Bertz CT molecular complexity index is 1690. The Hall–Kier alpha value is -4.37. The van der Waals surface area contributed by atoms with E-state index in [0.29, 0.717) is 52.9 Å². The third-order valence-electron chi connectivity index (χ3n) is 7.13. The minimum atomic E-state index is -0.907. The average molecular weight is 571 g/mol. The van der Waals surface area contributed by atoms with Crippen molar-refractivity contribution in [3.8, 4) is 17.2 Å². The Labute approximate surface area is 241 Å². The smallest absolute Gasteiger partial charge is 0.301 e. The van der Waals surface area contributed by atoms with E-state index in [9.17, 15) is 14.7 Å². The van der Waals surface area contributed by atoms with E-state index in [2.05, 4.69) is 0 Å². The lowest BCUT2D eigenvalue weighted by Gasteiger charge is -2.23. The quantitative estimate of drug-likeness (QED) is 0.148. The van der Waals surface area contributed by atoms with Gasteiger partial charge in [0, 0.05) is 12.0 Å². The van der Waals surface area contributed by atoms with Gasteiger partial charge in [-0.2, -0.15) is 0 Å². The molecule has 2 aliphatic heterocycles. The van der Waals surface area contributed by atoms with E-state index in [1.807, 2.05) is 69.3 Å². The van der Waals surface area contributed by atoms with Gasteiger partial charge in [-0.05, 0) is 79.9 Å². The highest BCUT2D eigenvalue weighted by atomic mass is 32.1. The van der Waals surface area contributed by atoms with E-state index >= 15 is 0 Å². The number of hydrogen-bond donors (Lipinski definition) is 1. The van der Waals surface area contributed by atoms with Crippen molar-refractivity contribution in [1.82, 2.24) is 4.98 Å². The number of hydrogen-bond acceptors (Lipinski definition) is 8. The standard InChI is InChI=1S/C32H30N2O6S/c1-4-13-39-22-8-6-7-19(16-22)28-27(29(35)20-9-12-25-21(15-20)14-18(3)40-25)30(36)31(37)34(28)32-33-24-11-10-23(38-5-2)17-26(24)41-32/h6-12,15-18,28,35H,4-5,13-14H2,1-3H3/t18-,28-/m0/s1. The van der Waals surface area contributed by atoms with Crippen LogP contribution in [0.4, 0.5) is 5.13 Å². The summed E-state index contributed by atoms with van der Waals surface area (Å²) in [7, 11) is 0. The first-order valence-electron chi connectivity index (χ1n) is 13.7. The molecular weight excluding hydrogens is 540 g/mol. The molecule has 0 unspecified atom stereocenters. The Balaban J connectivity index is 1.50. The zero-order valence-corrected chi connectivity index (χ0v) is 23.9. The number of nitrogens with zero attached hydrogens (tertiary/aromatic N) is 2. The molecule has 3 aromatic carbocycles. The number of thiazole rings is 1. The van der Waals surface area contributed by atoms with Gasteiger partial charge in [0.15, 0.2) is 5.13 Å². The van der Waals surface area contributed by atoms with Crippen LogP contribution in [0.3, 0.4) is 0 Å². The zero-order chi connectivity index (χ0) is 28.7. The van der Waals surface area contributed by atoms with Gasteiger partial charge in [0.05, 0.1) is 35.0 Å². The Kier molecular flexibility index (Phi) is 7.13. The van der Waals surface area contributed by atoms with E-state index in [1.165, 1.54) is 16.2 Å². The van der Waals surface area contributed by atoms with Gasteiger partial charge >= 0.3 is 5.91 Å². The van der Waals surface area contributed by atoms with Crippen molar-refractivity contribution in [2.75, 3.05) is 18.1 Å². The lowest BCUT2D eigenvalue weighted by atomic mass is 9.94. The second-order valence-electron chi connectivity index (χ2n) is 10.1. The van der Waals surface area contributed by atoms with Crippen molar-refractivity contribution in [2.45, 2.75) is 45.8 Å². The average Bonchev–Trinajstić information content (AvgIpc) is 3.63. The van der Waals surface area contributed by atoms with Crippen LogP contribution in [0.1, 0.15) is 49.9 Å². The summed E-state index contributed by atoms with van der Waals surface area (Å²) in [6.07, 6.45) is 1.56. The second kappa shape index (κ2) is 10.9. The lowest BCUT2D eigenvalue weighted by molar-refractivity contribution is -0.132. The number of rotatable bonds is 8. The summed E-state index contributed by atoms with van der Waals surface area (Å²) >= 11 is 1.29. The fourth-order valence-corrected chi connectivity index (χ4v) is 6.34. The number of aliphatic hydroxyl groups is 1. The SMILES string of the molecule is CCCOc1cccc([C@H]2C(=C(O)c3ccc4c(c3)C[C@H](C)O4)C(=O)C(=O)N2c2nc3ccc(OCC)cc3s2)c1. The Morgan fingerprint density at radius 3 is 2.71 bits per heavy atom. The number of carbonyl (C=O) groups excluding carboxylic acids is 2. The number of carbonyl (C=O) groups is 2. The highest BCUT2D eigenvalue weighted by Crippen LogP contribution is 2.45. The maximum Gasteiger partial charge on any atom is 0.301 e. The molecule has 2 atom stereocenters. The molecule has 1 N–H and O–H groups in total. The number of Topliss-reactive ketones (excluding diaryl/α,β-unsaturated/α-hetero) is 1. The maximum absolute atomic E-state index is 13.7. The van der Waals surface area contributed by atoms with E-state index in [0.717, 1.165) is 22.4 Å². The van der Waals surface area contributed by atoms with Crippen molar-refractivity contribution in [1.29, 1.82) is 0 Å². The Morgan fingerprint density at radius 2 is 1.90 bits per heavy atom. The highest BCUT2D eigenvalue weighted by Gasteiger charge is 2.48. The summed E-state index contributed by atoms with van der Waals surface area (Å²) in [5, 5.41) is 12.0. The summed E-state index contributed by atoms with van der Waals surface area (Å²) in [6, 6.07) is 17.3. The molecule has 3 heterocycles. The molecule has 0 bridgehead atoms. The number of fused-ring (bicyclic) bond motifs is 2. The van der Waals surface area contributed by atoms with Crippen LogP contribution in [-0.4, -0.2) is 41.1 Å². The summed E-state index contributed by atoms with van der Waals surface area (Å²) in [4.78, 5) is 33.5. The molecule has 0 aliphatic carbocycles. The Morgan fingerprint density at radius 1 is 1.07 bits per heavy atom. The van der Waals surface area contributed by atoms with E-state index in [-0.39, 0.29) is 17.4 Å². The van der Waals surface area contributed by atoms with Gasteiger partial charge in [-0.15, -0.1) is 0 Å². The number of aromatic nitrogens is 1. The molecular formula is C32H30N2O6S. The monoisotopic (exact) mass is 570 g/mol. The molecule has 1 aromatic heterocycles. The first-order valence-corrected chi connectivity index (χ1v) is 14.6. The number of aliphatic hydroxyl groups excluding tert-OH is 1. The minimum Gasteiger partial charge on any atom is -0.507 e. The van der Waals surface area contributed by atoms with Crippen LogP contribution >= 0.6 is 11.3 Å². The lowest BCUT2D eigenvalue weighted by Crippen LogP contribution is -2.29. The molecule has 2 aliphatic rings. The predicted molar refractivity (Wildman–Crippen MR) is 158 cm³/mol. The molecule has 4 aromatic rings. The van der Waals surface area contributed by atoms with Gasteiger partial charge in [0.25, 0.3) is 5.78 Å². The van der Waals surface area contributed by atoms with E-state index in [4.69, 9.17) is 19.2 Å². The fraction of sp³-hybridized carbons (Fsp3) is 0.281. The largest absolute Gasteiger partial charge is 0.507 e. The molecule has 9 heteroatoms. The molecule has 1 saturated heterocycles. The predicted octanol–water partition coefficient (Wildman–Crippen LogP) is 6.43. The third-order valence-corrected chi connectivity index (χ3v) is 8.14. The molecule has 0 saturated carbocycles. The zero-order valence-electron chi connectivity index (χ0n) is 23.0. The molecule has 8 nitrogen and oxygen atoms in total. The van der Waals surface area contributed by atoms with Gasteiger partial charge in [-0.1, -0.05) is 30.4 Å². The molecule has 1 fully saturated rings. The van der Waals surface area contributed by atoms with Crippen molar-refractivity contribution in [2.24, 2.45) is 0 Å². The first-order chi connectivity index (χ1) is 19.9. The summed E-state index contributed by atoms with van der Waals surface area (Å²) < 4.78 is 18.1. The molecule has 41 heavy (non-hydrogen) atoms. The van der Waals surface area contributed by atoms with Crippen molar-refractivity contribution in [3.05, 3.63) is 82.9 Å². The van der Waals surface area contributed by atoms with E-state index in [1.54, 1.807) is 12.1 Å². The van der Waals surface area contributed by atoms with Crippen LogP contribution < -0.4 is 19.1 Å². The molecule has 0 spiro atoms. The van der Waals surface area contributed by atoms with Crippen molar-refractivity contribution < 1.29 is 28.9 Å². The molecule has 1 amide bonds. The first kappa shape index (κ1) is 26.8. The van der Waals surface area contributed by atoms with Gasteiger partial charge in [0.2, 0.25) is 0 Å². The summed E-state index contributed by atoms with van der Waals surface area (Å²) in [5.74, 6) is 0.310. The molecule has 6 rings (SSSR count). The van der Waals surface area contributed by atoms with Crippen LogP contribution in [0.5, 0.6) is 17.2 Å². The van der Waals surface area contributed by atoms with E-state index < -0.39 is 17.7 Å². The van der Waals surface area contributed by atoms with Crippen molar-refractivity contribution in [3.63, 3.8) is 0 Å². The third kappa shape index (κ3) is 4.91.